The van der Waals surface area contributed by atoms with Crippen molar-refractivity contribution in [3.63, 3.8) is 0 Å². The van der Waals surface area contributed by atoms with Gasteiger partial charge in [-0.05, 0) is 0 Å². The van der Waals surface area contributed by atoms with Crippen LogP contribution in [0.1, 0.15) is 76.1 Å². The fourth-order valence-electron chi connectivity index (χ4n) is 1.32. The highest BCUT2D eigenvalue weighted by Crippen LogP contribution is 2.08. The molecule has 2 aromatic heterocycles. The van der Waals surface area contributed by atoms with E-state index >= 15 is 0 Å². The molecule has 31 heavy (non-hydrogen) atoms. The fourth-order valence-corrected chi connectivity index (χ4v) is 1.32. The van der Waals surface area contributed by atoms with Gasteiger partial charge in [-0.2, -0.15) is 0 Å². The van der Waals surface area contributed by atoms with Crippen LogP contribution in [-0.4, -0.2) is 32.4 Å². The van der Waals surface area contributed by atoms with E-state index in [0.717, 1.165) is 18.6 Å². The molecule has 11 heteroatoms. The number of H-pyrrole nitrogens is 1. The van der Waals surface area contributed by atoms with Crippen LogP contribution in [0.2, 0.25) is 0 Å². The van der Waals surface area contributed by atoms with E-state index in [1.807, 2.05) is 55.4 Å². The number of carbonyl (C=O) groups excluding carboxylic acids is 2. The maximum Gasteiger partial charge on any atom is 0.332 e. The second kappa shape index (κ2) is 24.3. The fraction of sp³-hybridized carbons (Fsp3) is 0.400. The minimum Gasteiger partial charge on any atom is -0.361 e. The first-order valence-corrected chi connectivity index (χ1v) is 9.76. The molecule has 174 valence electrons. The largest absolute Gasteiger partial charge is 0.361 e. The van der Waals surface area contributed by atoms with E-state index in [9.17, 15) is 34.6 Å². The van der Waals surface area contributed by atoms with Crippen LogP contribution in [0.3, 0.4) is 0 Å². The Morgan fingerprint density at radius 1 is 0.839 bits per heavy atom. The van der Waals surface area contributed by atoms with Crippen molar-refractivity contribution in [3.8, 4) is 0 Å². The third-order valence-electron chi connectivity index (χ3n) is 2.37. The number of hydrogen-bond acceptors (Lipinski definition) is 8. The summed E-state index contributed by atoms with van der Waals surface area (Å²) in [6.07, 6.45) is 5.19. The maximum atomic E-state index is 10.9. The number of rotatable bonds is 4. The number of carbonyl (C=O) groups is 2. The van der Waals surface area contributed by atoms with Gasteiger partial charge in [-0.15, -0.1) is 0 Å². The van der Waals surface area contributed by atoms with Crippen molar-refractivity contribution in [2.75, 3.05) is 0 Å². The van der Waals surface area contributed by atoms with Crippen molar-refractivity contribution in [2.45, 2.75) is 55.4 Å². The summed E-state index contributed by atoms with van der Waals surface area (Å²) in [7, 11) is 0. The Morgan fingerprint density at radius 3 is 1.74 bits per heavy atom. The van der Waals surface area contributed by atoms with E-state index in [-0.39, 0.29) is 23.1 Å². The van der Waals surface area contributed by atoms with Gasteiger partial charge in [-0.1, -0.05) is 55.4 Å². The number of aromatic nitrogens is 2. The molecule has 0 radical (unpaired) electrons. The second-order valence-electron chi connectivity index (χ2n) is 3.85. The highest BCUT2D eigenvalue weighted by molar-refractivity contribution is 5.75. The standard InChI is InChI=1S/C6H4N2O4.C6H4N2O3.4C2H6/c9-3-4-1-7-2-5(6(4)10)8(11)12;9-4-5-1-6(8(10)11)3-7-2-5;4*1-2/h1-3H,(H,7,10);1-4H;4*1-2H3. The molecule has 0 aliphatic rings. The Kier molecular flexibility index (Phi) is 27.2. The molecule has 0 aliphatic carbocycles. The number of hydrogen-bond donors (Lipinski definition) is 1. The number of aromatic amines is 1. The lowest BCUT2D eigenvalue weighted by molar-refractivity contribution is -0.386. The van der Waals surface area contributed by atoms with E-state index in [1.54, 1.807) is 0 Å². The first-order chi connectivity index (χ1) is 14.9. The molecule has 0 fully saturated rings. The van der Waals surface area contributed by atoms with Crippen LogP contribution < -0.4 is 5.43 Å². The molecular formula is C20H32N4O7. The van der Waals surface area contributed by atoms with Crippen LogP contribution in [0.4, 0.5) is 11.4 Å². The molecule has 0 unspecified atom stereocenters. The van der Waals surface area contributed by atoms with Crippen molar-refractivity contribution in [1.82, 2.24) is 9.97 Å². The first-order valence-electron chi connectivity index (χ1n) is 9.76. The van der Waals surface area contributed by atoms with Gasteiger partial charge in [0.05, 0.1) is 21.6 Å². The van der Waals surface area contributed by atoms with Crippen LogP contribution in [0.5, 0.6) is 0 Å². The van der Waals surface area contributed by atoms with Gasteiger partial charge in [0.1, 0.15) is 6.20 Å². The van der Waals surface area contributed by atoms with E-state index < -0.39 is 21.0 Å². The van der Waals surface area contributed by atoms with Gasteiger partial charge >= 0.3 is 5.69 Å². The molecule has 0 spiro atoms. The van der Waals surface area contributed by atoms with E-state index in [1.165, 1.54) is 12.3 Å². The number of pyridine rings is 2. The lowest BCUT2D eigenvalue weighted by atomic mass is 10.3. The second-order valence-corrected chi connectivity index (χ2v) is 3.85. The van der Waals surface area contributed by atoms with E-state index in [4.69, 9.17) is 0 Å². The van der Waals surface area contributed by atoms with E-state index in [2.05, 4.69) is 9.97 Å². The summed E-state index contributed by atoms with van der Waals surface area (Å²) >= 11 is 0. The zero-order chi connectivity index (χ0) is 25.4. The monoisotopic (exact) mass is 440 g/mol. The minimum atomic E-state index is -0.867. The summed E-state index contributed by atoms with van der Waals surface area (Å²) in [5.41, 5.74) is -1.70. The predicted molar refractivity (Wildman–Crippen MR) is 121 cm³/mol. The zero-order valence-electron chi connectivity index (χ0n) is 19.2. The molecular weight excluding hydrogens is 408 g/mol. The molecule has 2 heterocycles. The molecule has 0 atom stereocenters. The van der Waals surface area contributed by atoms with Gasteiger partial charge in [-0.25, -0.2) is 0 Å². The molecule has 1 N–H and O–H groups in total. The number of aldehydes is 2. The molecule has 0 bridgehead atoms. The van der Waals surface area contributed by atoms with E-state index in [0.29, 0.717) is 6.29 Å². The average molecular weight is 440 g/mol. The lowest BCUT2D eigenvalue weighted by Crippen LogP contribution is -2.12. The van der Waals surface area contributed by atoms with Gasteiger partial charge in [0.2, 0.25) is 0 Å². The Balaban J connectivity index is -0.000000178. The normalized spacial score (nSPS) is 7.61. The predicted octanol–water partition coefficient (Wildman–Crippen LogP) is 5.00. The number of nitrogens with one attached hydrogen (secondary N) is 1. The molecule has 11 nitrogen and oxygen atoms in total. The van der Waals surface area contributed by atoms with Crippen LogP contribution in [0, 0.1) is 20.2 Å². The van der Waals surface area contributed by atoms with Crippen molar-refractivity contribution in [1.29, 1.82) is 0 Å². The summed E-state index contributed by atoms with van der Waals surface area (Å²) < 4.78 is 0. The van der Waals surface area contributed by atoms with Crippen molar-refractivity contribution in [2.24, 2.45) is 0 Å². The molecule has 2 rings (SSSR count). The molecule has 0 saturated heterocycles. The smallest absolute Gasteiger partial charge is 0.332 e. The van der Waals surface area contributed by atoms with Crippen molar-refractivity contribution >= 4 is 23.9 Å². The van der Waals surface area contributed by atoms with Gasteiger partial charge in [0.25, 0.3) is 11.1 Å². The Hall–Kier alpha value is -3.76. The highest BCUT2D eigenvalue weighted by atomic mass is 16.6. The van der Waals surface area contributed by atoms with Crippen molar-refractivity contribution < 1.29 is 19.4 Å². The summed E-state index contributed by atoms with van der Waals surface area (Å²) in [6, 6.07) is 1.17. The highest BCUT2D eigenvalue weighted by Gasteiger charge is 2.13. The topological polar surface area (TPSA) is 166 Å². The first kappa shape index (κ1) is 34.7. The van der Waals surface area contributed by atoms with Crippen molar-refractivity contribution in [3.05, 3.63) is 72.4 Å². The zero-order valence-corrected chi connectivity index (χ0v) is 19.2. The molecule has 0 aliphatic heterocycles. The summed E-state index contributed by atoms with van der Waals surface area (Å²) in [5, 5.41) is 20.3. The molecule has 0 aromatic carbocycles. The van der Waals surface area contributed by atoms with Crippen LogP contribution in [0.15, 0.2) is 35.6 Å². The quantitative estimate of drug-likeness (QED) is 0.393. The summed E-state index contributed by atoms with van der Waals surface area (Å²) in [6.45, 7) is 16.0. The maximum absolute atomic E-state index is 10.9. The molecule has 0 saturated carbocycles. The minimum absolute atomic E-state index is 0.172. The van der Waals surface area contributed by atoms with Crippen LogP contribution in [0.25, 0.3) is 0 Å². The molecule has 2 aromatic rings. The SMILES string of the molecule is CC.CC.CC.CC.O=Cc1c[nH]cc([N+](=O)[O-])c1=O.O=Cc1cncc([N+](=O)[O-])c1. The van der Waals surface area contributed by atoms with Gasteiger partial charge in [0.15, 0.2) is 12.6 Å². The Bertz CT molecular complexity index is 821. The third-order valence-corrected chi connectivity index (χ3v) is 2.37. The summed E-state index contributed by atoms with van der Waals surface area (Å²) in [5.74, 6) is 0. The number of nitro groups is 2. The van der Waals surface area contributed by atoms with Gasteiger partial charge < -0.3 is 4.98 Å². The average Bonchev–Trinajstić information content (AvgIpc) is 2.84. The Morgan fingerprint density at radius 2 is 1.35 bits per heavy atom. The van der Waals surface area contributed by atoms with Gasteiger partial charge in [0, 0.05) is 24.0 Å². The third kappa shape index (κ3) is 14.8. The number of nitrogens with zero attached hydrogens (tertiary/aromatic N) is 3. The summed E-state index contributed by atoms with van der Waals surface area (Å²) in [4.78, 5) is 55.9. The van der Waals surface area contributed by atoms with Crippen LogP contribution in [-0.2, 0) is 0 Å². The molecule has 0 amide bonds. The van der Waals surface area contributed by atoms with Gasteiger partial charge in [-0.3, -0.25) is 39.6 Å². The van der Waals surface area contributed by atoms with Crippen LogP contribution >= 0.6 is 0 Å². The Labute approximate surface area is 181 Å². The lowest BCUT2D eigenvalue weighted by Gasteiger charge is -1.89.